The summed E-state index contributed by atoms with van der Waals surface area (Å²) < 4.78 is 59.6. The van der Waals surface area contributed by atoms with Gasteiger partial charge in [-0.2, -0.15) is 18.3 Å². The van der Waals surface area contributed by atoms with E-state index in [1.807, 2.05) is 0 Å². The summed E-state index contributed by atoms with van der Waals surface area (Å²) >= 11 is 0. The molecule has 13 heteroatoms. The summed E-state index contributed by atoms with van der Waals surface area (Å²) in [6.45, 7) is 0. The van der Waals surface area contributed by atoms with Crippen molar-refractivity contribution in [1.82, 2.24) is 19.7 Å². The van der Waals surface area contributed by atoms with Crippen molar-refractivity contribution >= 4 is 33.8 Å². The lowest BCUT2D eigenvalue weighted by Crippen LogP contribution is -2.43. The van der Waals surface area contributed by atoms with Crippen molar-refractivity contribution < 1.29 is 37.4 Å². The number of primary amides is 1. The van der Waals surface area contributed by atoms with Gasteiger partial charge in [0, 0.05) is 36.6 Å². The predicted octanol–water partition coefficient (Wildman–Crippen LogP) is 4.44. The van der Waals surface area contributed by atoms with Gasteiger partial charge in [0.25, 0.3) is 0 Å². The summed E-state index contributed by atoms with van der Waals surface area (Å²) in [5.41, 5.74) is 1.00. The molecule has 0 aliphatic carbocycles. The van der Waals surface area contributed by atoms with Gasteiger partial charge in [-0.1, -0.05) is 18.2 Å². The molecule has 9 nitrogen and oxygen atoms in total. The lowest BCUT2D eigenvalue weighted by molar-refractivity contribution is -0.247. The topological polar surface area (TPSA) is 135 Å². The average molecular weight is 558 g/mol. The second-order valence-electron chi connectivity index (χ2n) is 8.79. The van der Waals surface area contributed by atoms with E-state index in [9.17, 15) is 37.4 Å². The van der Waals surface area contributed by atoms with Gasteiger partial charge < -0.3 is 25.8 Å². The zero-order valence-electron chi connectivity index (χ0n) is 21.1. The van der Waals surface area contributed by atoms with Crippen LogP contribution in [0.4, 0.5) is 22.4 Å². The second kappa shape index (κ2) is 10.3. The lowest BCUT2D eigenvalue weighted by Gasteiger charge is -2.31. The fraction of sp³-hybridized carbons (Fsp3) is 0.148. The molecule has 0 aliphatic heterocycles. The maximum absolute atomic E-state index is 14.5. The van der Waals surface area contributed by atoms with Crippen LogP contribution < -0.4 is 11.1 Å². The van der Waals surface area contributed by atoms with Gasteiger partial charge in [-0.3, -0.25) is 0 Å². The van der Waals surface area contributed by atoms with Crippen LogP contribution in [0.25, 0.3) is 27.5 Å². The number of urea groups is 1. The van der Waals surface area contributed by atoms with Crippen LogP contribution in [0.5, 0.6) is 0 Å². The van der Waals surface area contributed by atoms with E-state index in [-0.39, 0.29) is 16.5 Å². The molecule has 5 aromatic rings. The molecule has 2 aromatic heterocycles. The molecule has 5 rings (SSSR count). The smallest absolute Gasteiger partial charge is 0.425 e. The number of nitrogens with one attached hydrogen (secondary N) is 1. The molecule has 0 radical (unpaired) electrons. The Balaban J connectivity index is 0.000000681. The number of halogens is 4. The Morgan fingerprint density at radius 3 is 2.27 bits per heavy atom. The first-order valence-electron chi connectivity index (χ1n) is 11.6. The molecule has 0 bridgehead atoms. The number of aryl methyl sites for hydroxylation is 1. The van der Waals surface area contributed by atoms with Crippen molar-refractivity contribution in [3.05, 3.63) is 95.6 Å². The highest BCUT2D eigenvalue weighted by Gasteiger charge is 2.57. The number of carbonyl (C=O) groups excluding carboxylic acids is 1. The fourth-order valence-corrected chi connectivity index (χ4v) is 4.45. The number of rotatable bonds is 4. The molecule has 1 atom stereocenters. The first-order valence-corrected chi connectivity index (χ1v) is 11.6. The van der Waals surface area contributed by atoms with Gasteiger partial charge in [-0.05, 0) is 48.0 Å². The van der Waals surface area contributed by atoms with Crippen molar-refractivity contribution in [1.29, 1.82) is 0 Å². The number of carboxylic acid groups (broad SMARTS) is 1. The molecular formula is C27H23F4N5O4. The molecule has 208 valence electrons. The fourth-order valence-electron chi connectivity index (χ4n) is 4.45. The largest absolute Gasteiger partial charge is 0.478 e. The van der Waals surface area contributed by atoms with Gasteiger partial charge in [-0.25, -0.2) is 18.7 Å². The number of alkyl halides is 3. The molecule has 0 saturated carbocycles. The summed E-state index contributed by atoms with van der Waals surface area (Å²) in [6, 6.07) is 12.7. The number of para-hydroxylation sites is 1. The molecule has 2 amide bonds. The quantitative estimate of drug-likeness (QED) is 0.243. The van der Waals surface area contributed by atoms with E-state index in [0.29, 0.717) is 16.6 Å². The Morgan fingerprint density at radius 2 is 1.70 bits per heavy atom. The monoisotopic (exact) mass is 557 g/mol. The third-order valence-electron chi connectivity index (χ3n) is 6.34. The van der Waals surface area contributed by atoms with Gasteiger partial charge in [0.2, 0.25) is 5.60 Å². The summed E-state index contributed by atoms with van der Waals surface area (Å²) in [6.07, 6.45) is -2.69. The van der Waals surface area contributed by atoms with E-state index in [0.717, 1.165) is 12.3 Å². The first kappa shape index (κ1) is 28.1. The van der Waals surface area contributed by atoms with E-state index >= 15 is 0 Å². The van der Waals surface area contributed by atoms with Crippen molar-refractivity contribution in [2.24, 2.45) is 12.8 Å². The summed E-state index contributed by atoms with van der Waals surface area (Å²) in [5, 5.41) is 27.4. The second-order valence-corrected chi connectivity index (χ2v) is 8.79. The number of benzene rings is 3. The Hall–Kier alpha value is -4.91. The Kier molecular flexibility index (Phi) is 7.26. The normalized spacial score (nSPS) is 13.0. The summed E-state index contributed by atoms with van der Waals surface area (Å²) in [5.74, 6) is -1.74. The van der Waals surface area contributed by atoms with Crippen molar-refractivity contribution in [3.8, 4) is 5.69 Å². The molecule has 1 unspecified atom stereocenters. The van der Waals surface area contributed by atoms with Gasteiger partial charge in [0.1, 0.15) is 5.82 Å². The highest BCUT2D eigenvalue weighted by molar-refractivity contribution is 6.03. The van der Waals surface area contributed by atoms with Crippen LogP contribution in [0.15, 0.2) is 73.1 Å². The molecule has 2 heterocycles. The minimum absolute atomic E-state index is 0.0330. The highest BCUT2D eigenvalue weighted by atomic mass is 19.4. The maximum Gasteiger partial charge on any atom is 0.425 e. The van der Waals surface area contributed by atoms with Crippen LogP contribution in [0.3, 0.4) is 0 Å². The Morgan fingerprint density at radius 1 is 1.05 bits per heavy atom. The molecule has 0 aliphatic rings. The first-order chi connectivity index (χ1) is 18.8. The number of aliphatic hydroxyl groups is 1. The molecule has 3 aromatic carbocycles. The number of fused-ring (bicyclic) bond motifs is 2. The van der Waals surface area contributed by atoms with Gasteiger partial charge >= 0.3 is 18.2 Å². The van der Waals surface area contributed by atoms with E-state index < -0.39 is 40.7 Å². The van der Waals surface area contributed by atoms with Gasteiger partial charge in [0.05, 0.1) is 28.5 Å². The zero-order valence-corrected chi connectivity index (χ0v) is 21.1. The number of carbonyl (C=O) groups is 2. The zero-order chi connectivity index (χ0) is 29.4. The van der Waals surface area contributed by atoms with Crippen molar-refractivity contribution in [3.63, 3.8) is 0 Å². The third-order valence-corrected chi connectivity index (χ3v) is 6.34. The standard InChI is InChI=1S/C25H17F4N3O3.C2H6N2O/c1-31-13-20(18-3-2-4-19(22(18)31)23(33)34)24(35,25(27,28)29)15-5-10-21-14(11-15)12-30-32(21)17-8-6-16(26)7-9-17;1-4-2(3)5/h2-13,35H,1H3,(H,33,34);1H3,(H3,3,4,5). The number of nitrogens with two attached hydrogens (primary N) is 1. The van der Waals surface area contributed by atoms with Crippen LogP contribution in [-0.4, -0.2) is 49.8 Å². The predicted molar refractivity (Wildman–Crippen MR) is 139 cm³/mol. The van der Waals surface area contributed by atoms with E-state index in [2.05, 4.69) is 16.1 Å². The molecule has 40 heavy (non-hydrogen) atoms. The molecule has 0 fully saturated rings. The van der Waals surface area contributed by atoms with Crippen LogP contribution in [-0.2, 0) is 12.6 Å². The van der Waals surface area contributed by atoms with Crippen LogP contribution in [0.1, 0.15) is 21.5 Å². The summed E-state index contributed by atoms with van der Waals surface area (Å²) in [4.78, 5) is 21.1. The van der Waals surface area contributed by atoms with Gasteiger partial charge in [-0.15, -0.1) is 0 Å². The third kappa shape index (κ3) is 4.82. The van der Waals surface area contributed by atoms with E-state index in [1.165, 1.54) is 84.1 Å². The number of aromatic nitrogens is 3. The maximum atomic E-state index is 14.5. The molecule has 5 N–H and O–H groups in total. The number of amides is 2. The number of aromatic carboxylic acids is 1. The number of hydrogen-bond acceptors (Lipinski definition) is 4. The van der Waals surface area contributed by atoms with Crippen LogP contribution in [0, 0.1) is 5.82 Å². The highest BCUT2D eigenvalue weighted by Crippen LogP contribution is 2.47. The molecule has 0 spiro atoms. The summed E-state index contributed by atoms with van der Waals surface area (Å²) in [7, 11) is 2.90. The van der Waals surface area contributed by atoms with E-state index in [4.69, 9.17) is 0 Å². The van der Waals surface area contributed by atoms with Crippen molar-refractivity contribution in [2.75, 3.05) is 7.05 Å². The minimum atomic E-state index is -5.14. The number of hydrogen-bond donors (Lipinski definition) is 4. The Labute approximate surface area is 224 Å². The number of nitrogens with zero attached hydrogens (tertiary/aromatic N) is 3. The Bertz CT molecular complexity index is 1730. The lowest BCUT2D eigenvalue weighted by atomic mass is 9.84. The molecule has 0 saturated heterocycles. The van der Waals surface area contributed by atoms with E-state index in [1.54, 1.807) is 0 Å². The molecular weight excluding hydrogens is 534 g/mol. The minimum Gasteiger partial charge on any atom is -0.478 e. The van der Waals surface area contributed by atoms with Crippen LogP contribution >= 0.6 is 0 Å². The number of carboxylic acids is 1. The van der Waals surface area contributed by atoms with Crippen LogP contribution in [0.2, 0.25) is 0 Å². The average Bonchev–Trinajstić information content (AvgIpc) is 3.49. The SMILES string of the molecule is CNC(N)=O.Cn1cc(C(O)(c2ccc3c(cnn3-c3ccc(F)cc3)c2)C(F)(F)F)c2cccc(C(=O)O)c21. The van der Waals surface area contributed by atoms with Gasteiger partial charge in [0.15, 0.2) is 0 Å². The van der Waals surface area contributed by atoms with Crippen molar-refractivity contribution in [2.45, 2.75) is 11.8 Å².